The topological polar surface area (TPSA) is 39.2 Å². The summed E-state index contributed by atoms with van der Waals surface area (Å²) in [6.45, 7) is 3.56. The molecule has 3 nitrogen and oxygen atoms in total. The summed E-state index contributed by atoms with van der Waals surface area (Å²) in [5.74, 6) is 0.381. The molecule has 1 unspecified atom stereocenters. The Kier molecular flexibility index (Phi) is 5.80. The highest BCUT2D eigenvalue weighted by molar-refractivity contribution is 5.70. The SMILES string of the molecule is CCc1ccc(OC(C)=O)c(C(Cc2ccccn2)c2ccccc2)c1. The van der Waals surface area contributed by atoms with Gasteiger partial charge in [0.25, 0.3) is 0 Å². The number of ether oxygens (including phenoxy) is 1. The van der Waals surface area contributed by atoms with Crippen LogP contribution in [0.15, 0.2) is 72.9 Å². The van der Waals surface area contributed by atoms with Gasteiger partial charge in [0.15, 0.2) is 0 Å². The summed E-state index contributed by atoms with van der Waals surface area (Å²) in [5.41, 5.74) is 4.44. The second-order valence-corrected chi connectivity index (χ2v) is 6.31. The number of carbonyl (C=O) groups is 1. The van der Waals surface area contributed by atoms with E-state index in [0.717, 1.165) is 24.1 Å². The fourth-order valence-electron chi connectivity index (χ4n) is 3.16. The van der Waals surface area contributed by atoms with Crippen molar-refractivity contribution in [2.45, 2.75) is 32.6 Å². The second kappa shape index (κ2) is 8.43. The largest absolute Gasteiger partial charge is 0.426 e. The van der Waals surface area contributed by atoms with E-state index in [0.29, 0.717) is 5.75 Å². The van der Waals surface area contributed by atoms with Crippen LogP contribution in [-0.2, 0) is 17.6 Å². The Hall–Kier alpha value is -2.94. The molecule has 0 amide bonds. The zero-order valence-corrected chi connectivity index (χ0v) is 15.2. The number of hydrogen-bond acceptors (Lipinski definition) is 3. The van der Waals surface area contributed by atoms with E-state index in [1.165, 1.54) is 18.1 Å². The molecule has 0 radical (unpaired) electrons. The van der Waals surface area contributed by atoms with Crippen molar-refractivity contribution in [2.75, 3.05) is 0 Å². The molecule has 0 bridgehead atoms. The number of carbonyl (C=O) groups excluding carboxylic acids is 1. The minimum atomic E-state index is -0.305. The monoisotopic (exact) mass is 345 g/mol. The van der Waals surface area contributed by atoms with Gasteiger partial charge in [-0.3, -0.25) is 9.78 Å². The predicted octanol–water partition coefficient (Wildman–Crippen LogP) is 4.94. The maximum absolute atomic E-state index is 11.6. The van der Waals surface area contributed by atoms with Crippen molar-refractivity contribution in [2.24, 2.45) is 0 Å². The van der Waals surface area contributed by atoms with Gasteiger partial charge < -0.3 is 4.74 Å². The average Bonchev–Trinajstić information content (AvgIpc) is 2.68. The average molecular weight is 345 g/mol. The molecule has 0 fully saturated rings. The van der Waals surface area contributed by atoms with Gasteiger partial charge >= 0.3 is 5.97 Å². The standard InChI is InChI=1S/C23H23NO2/c1-3-18-12-13-23(26-17(2)25)22(15-18)21(19-9-5-4-6-10-19)16-20-11-7-8-14-24-20/h4-15,21H,3,16H2,1-2H3. The minimum Gasteiger partial charge on any atom is -0.426 e. The van der Waals surface area contributed by atoms with Crippen molar-refractivity contribution in [1.82, 2.24) is 4.98 Å². The van der Waals surface area contributed by atoms with Crippen LogP contribution in [0.25, 0.3) is 0 Å². The number of aryl methyl sites for hydroxylation is 1. The first-order valence-electron chi connectivity index (χ1n) is 8.93. The molecule has 132 valence electrons. The molecule has 1 atom stereocenters. The summed E-state index contributed by atoms with van der Waals surface area (Å²) in [5, 5.41) is 0. The fourth-order valence-corrected chi connectivity index (χ4v) is 3.16. The van der Waals surface area contributed by atoms with Crippen molar-refractivity contribution >= 4 is 5.97 Å². The Morgan fingerprint density at radius 2 is 1.81 bits per heavy atom. The van der Waals surface area contributed by atoms with Gasteiger partial charge in [0, 0.05) is 36.7 Å². The Bertz CT molecular complexity index is 860. The van der Waals surface area contributed by atoms with Crippen LogP contribution in [0, 0.1) is 0 Å². The quantitative estimate of drug-likeness (QED) is 0.469. The van der Waals surface area contributed by atoms with Crippen LogP contribution in [0.4, 0.5) is 0 Å². The molecular weight excluding hydrogens is 322 g/mol. The highest BCUT2D eigenvalue weighted by Gasteiger charge is 2.21. The second-order valence-electron chi connectivity index (χ2n) is 6.31. The van der Waals surface area contributed by atoms with Crippen LogP contribution >= 0.6 is 0 Å². The van der Waals surface area contributed by atoms with E-state index in [2.05, 4.69) is 30.1 Å². The fraction of sp³-hybridized carbons (Fsp3) is 0.217. The van der Waals surface area contributed by atoms with Gasteiger partial charge in [-0.2, -0.15) is 0 Å². The van der Waals surface area contributed by atoms with Gasteiger partial charge in [0.05, 0.1) is 0 Å². The zero-order chi connectivity index (χ0) is 18.4. The lowest BCUT2D eigenvalue weighted by molar-refractivity contribution is -0.131. The third-order valence-corrected chi connectivity index (χ3v) is 4.45. The highest BCUT2D eigenvalue weighted by Crippen LogP contribution is 2.35. The molecule has 0 saturated carbocycles. The predicted molar refractivity (Wildman–Crippen MR) is 103 cm³/mol. The summed E-state index contributed by atoms with van der Waals surface area (Å²) >= 11 is 0. The number of benzene rings is 2. The third-order valence-electron chi connectivity index (χ3n) is 4.45. The number of nitrogens with zero attached hydrogens (tertiary/aromatic N) is 1. The van der Waals surface area contributed by atoms with Crippen LogP contribution < -0.4 is 4.74 Å². The lowest BCUT2D eigenvalue weighted by Crippen LogP contribution is -2.11. The molecule has 3 rings (SSSR count). The van der Waals surface area contributed by atoms with Crippen molar-refractivity contribution in [1.29, 1.82) is 0 Å². The minimum absolute atomic E-state index is 0.0620. The molecule has 0 aliphatic rings. The molecule has 1 heterocycles. The Labute approximate surface area is 154 Å². The molecule has 0 N–H and O–H groups in total. The summed E-state index contributed by atoms with van der Waals surface area (Å²) in [6, 6.07) is 22.3. The van der Waals surface area contributed by atoms with Gasteiger partial charge in [-0.05, 0) is 35.7 Å². The highest BCUT2D eigenvalue weighted by atomic mass is 16.5. The Morgan fingerprint density at radius 3 is 2.46 bits per heavy atom. The van der Waals surface area contributed by atoms with Gasteiger partial charge in [0.2, 0.25) is 0 Å². The van der Waals surface area contributed by atoms with Crippen LogP contribution in [0.5, 0.6) is 5.75 Å². The van der Waals surface area contributed by atoms with Crippen molar-refractivity contribution in [3.63, 3.8) is 0 Å². The number of aromatic nitrogens is 1. The molecule has 0 aliphatic heterocycles. The van der Waals surface area contributed by atoms with Crippen LogP contribution in [0.1, 0.15) is 42.1 Å². The first-order chi connectivity index (χ1) is 12.7. The summed E-state index contributed by atoms with van der Waals surface area (Å²) < 4.78 is 5.53. The molecule has 1 aromatic heterocycles. The number of rotatable bonds is 6. The van der Waals surface area contributed by atoms with E-state index in [1.54, 1.807) is 0 Å². The van der Waals surface area contributed by atoms with E-state index in [1.807, 2.05) is 54.7 Å². The van der Waals surface area contributed by atoms with Crippen LogP contribution in [-0.4, -0.2) is 11.0 Å². The molecule has 2 aromatic carbocycles. The normalized spacial score (nSPS) is 11.8. The smallest absolute Gasteiger partial charge is 0.308 e. The maximum Gasteiger partial charge on any atom is 0.308 e. The van der Waals surface area contributed by atoms with E-state index in [4.69, 9.17) is 4.74 Å². The van der Waals surface area contributed by atoms with E-state index in [9.17, 15) is 4.79 Å². The van der Waals surface area contributed by atoms with E-state index >= 15 is 0 Å². The molecule has 0 spiro atoms. The van der Waals surface area contributed by atoms with Gasteiger partial charge in [-0.15, -0.1) is 0 Å². The third kappa shape index (κ3) is 4.37. The van der Waals surface area contributed by atoms with Gasteiger partial charge in [0.1, 0.15) is 5.75 Å². The zero-order valence-electron chi connectivity index (χ0n) is 15.2. The van der Waals surface area contributed by atoms with Crippen LogP contribution in [0.2, 0.25) is 0 Å². The number of esters is 1. The molecular formula is C23H23NO2. The van der Waals surface area contributed by atoms with Crippen molar-refractivity contribution in [3.05, 3.63) is 95.3 Å². The van der Waals surface area contributed by atoms with Crippen LogP contribution in [0.3, 0.4) is 0 Å². The molecule has 26 heavy (non-hydrogen) atoms. The lowest BCUT2D eigenvalue weighted by Gasteiger charge is -2.21. The Balaban J connectivity index is 2.10. The molecule has 3 aromatic rings. The maximum atomic E-state index is 11.6. The van der Waals surface area contributed by atoms with Gasteiger partial charge in [-0.25, -0.2) is 0 Å². The summed E-state index contributed by atoms with van der Waals surface area (Å²) in [4.78, 5) is 16.1. The summed E-state index contributed by atoms with van der Waals surface area (Å²) in [6.07, 6.45) is 3.48. The van der Waals surface area contributed by atoms with E-state index < -0.39 is 0 Å². The van der Waals surface area contributed by atoms with E-state index in [-0.39, 0.29) is 11.9 Å². The number of pyridine rings is 1. The first kappa shape index (κ1) is 17.9. The van der Waals surface area contributed by atoms with Crippen molar-refractivity contribution < 1.29 is 9.53 Å². The van der Waals surface area contributed by atoms with Crippen molar-refractivity contribution in [3.8, 4) is 5.75 Å². The first-order valence-corrected chi connectivity index (χ1v) is 8.93. The lowest BCUT2D eigenvalue weighted by atomic mass is 9.85. The molecule has 0 aliphatic carbocycles. The molecule has 0 saturated heterocycles. The number of hydrogen-bond donors (Lipinski definition) is 0. The Morgan fingerprint density at radius 1 is 1.04 bits per heavy atom. The van der Waals surface area contributed by atoms with Gasteiger partial charge in [-0.1, -0.05) is 55.5 Å². The summed E-state index contributed by atoms with van der Waals surface area (Å²) in [7, 11) is 0. The molecule has 3 heteroatoms.